The molecule has 1 heterocycles. The SMILES string of the molecule is NC(=O)c1cc(F)cc(Oc2cccnc2)c1. The van der Waals surface area contributed by atoms with Crippen LogP contribution in [0.5, 0.6) is 11.5 Å². The molecule has 0 aliphatic heterocycles. The molecule has 2 rings (SSSR count). The van der Waals surface area contributed by atoms with Crippen molar-refractivity contribution < 1.29 is 13.9 Å². The van der Waals surface area contributed by atoms with Crippen molar-refractivity contribution in [2.45, 2.75) is 0 Å². The Hall–Kier alpha value is -2.43. The second-order valence-electron chi connectivity index (χ2n) is 3.33. The number of ether oxygens (including phenoxy) is 1. The van der Waals surface area contributed by atoms with Crippen molar-refractivity contribution in [2.75, 3.05) is 0 Å². The highest BCUT2D eigenvalue weighted by atomic mass is 19.1. The third-order valence-corrected chi connectivity index (χ3v) is 2.03. The molecule has 17 heavy (non-hydrogen) atoms. The maximum absolute atomic E-state index is 13.2. The number of hydrogen-bond donors (Lipinski definition) is 1. The summed E-state index contributed by atoms with van der Waals surface area (Å²) in [7, 11) is 0. The van der Waals surface area contributed by atoms with Gasteiger partial charge in [0.25, 0.3) is 0 Å². The van der Waals surface area contributed by atoms with Crippen LogP contribution in [0.3, 0.4) is 0 Å². The second-order valence-corrected chi connectivity index (χ2v) is 3.33. The quantitative estimate of drug-likeness (QED) is 0.881. The molecule has 0 atom stereocenters. The van der Waals surface area contributed by atoms with Crippen molar-refractivity contribution in [3.05, 3.63) is 54.1 Å². The molecule has 5 heteroatoms. The predicted octanol–water partition coefficient (Wildman–Crippen LogP) is 2.11. The van der Waals surface area contributed by atoms with Gasteiger partial charge in [0, 0.05) is 17.8 Å². The Morgan fingerprint density at radius 1 is 1.29 bits per heavy atom. The van der Waals surface area contributed by atoms with E-state index in [1.54, 1.807) is 18.3 Å². The molecule has 0 saturated carbocycles. The van der Waals surface area contributed by atoms with E-state index in [2.05, 4.69) is 4.98 Å². The summed E-state index contributed by atoms with van der Waals surface area (Å²) >= 11 is 0. The van der Waals surface area contributed by atoms with Crippen molar-refractivity contribution >= 4 is 5.91 Å². The smallest absolute Gasteiger partial charge is 0.248 e. The first kappa shape index (κ1) is 11.1. The van der Waals surface area contributed by atoms with E-state index in [1.165, 1.54) is 18.3 Å². The zero-order valence-corrected chi connectivity index (χ0v) is 8.76. The van der Waals surface area contributed by atoms with Gasteiger partial charge in [-0.05, 0) is 24.3 Å². The zero-order valence-electron chi connectivity index (χ0n) is 8.76. The van der Waals surface area contributed by atoms with Gasteiger partial charge in [-0.2, -0.15) is 0 Å². The van der Waals surface area contributed by atoms with Crippen molar-refractivity contribution in [3.63, 3.8) is 0 Å². The van der Waals surface area contributed by atoms with Crippen LogP contribution in [0.1, 0.15) is 10.4 Å². The Balaban J connectivity index is 2.30. The number of halogens is 1. The van der Waals surface area contributed by atoms with Gasteiger partial charge < -0.3 is 10.5 Å². The van der Waals surface area contributed by atoms with E-state index in [0.29, 0.717) is 5.75 Å². The number of amides is 1. The monoisotopic (exact) mass is 232 g/mol. The van der Waals surface area contributed by atoms with Gasteiger partial charge in [0.05, 0.1) is 6.20 Å². The minimum Gasteiger partial charge on any atom is -0.456 e. The van der Waals surface area contributed by atoms with E-state index < -0.39 is 11.7 Å². The number of hydrogen-bond acceptors (Lipinski definition) is 3. The minimum absolute atomic E-state index is 0.0592. The van der Waals surface area contributed by atoms with Crippen LogP contribution in [-0.2, 0) is 0 Å². The molecular weight excluding hydrogens is 223 g/mol. The minimum atomic E-state index is -0.708. The molecule has 4 nitrogen and oxygen atoms in total. The Morgan fingerprint density at radius 2 is 2.12 bits per heavy atom. The lowest BCUT2D eigenvalue weighted by Crippen LogP contribution is -2.11. The summed E-state index contributed by atoms with van der Waals surface area (Å²) < 4.78 is 18.5. The maximum atomic E-state index is 13.2. The Kier molecular flexibility index (Phi) is 3.00. The van der Waals surface area contributed by atoms with E-state index in [9.17, 15) is 9.18 Å². The molecule has 0 aliphatic rings. The summed E-state index contributed by atoms with van der Waals surface area (Å²) in [4.78, 5) is 14.8. The number of aromatic nitrogens is 1. The molecule has 0 bridgehead atoms. The molecule has 0 saturated heterocycles. The van der Waals surface area contributed by atoms with Crippen LogP contribution in [-0.4, -0.2) is 10.9 Å². The third-order valence-electron chi connectivity index (χ3n) is 2.03. The first-order valence-corrected chi connectivity index (χ1v) is 4.83. The lowest BCUT2D eigenvalue weighted by molar-refractivity contribution is 0.0999. The fraction of sp³-hybridized carbons (Fsp3) is 0. The van der Waals surface area contributed by atoms with Crippen molar-refractivity contribution in [2.24, 2.45) is 5.73 Å². The largest absolute Gasteiger partial charge is 0.456 e. The van der Waals surface area contributed by atoms with Gasteiger partial charge in [-0.15, -0.1) is 0 Å². The maximum Gasteiger partial charge on any atom is 0.248 e. The molecule has 86 valence electrons. The van der Waals surface area contributed by atoms with Gasteiger partial charge in [-0.1, -0.05) is 0 Å². The van der Waals surface area contributed by atoms with Gasteiger partial charge in [-0.25, -0.2) is 4.39 Å². The summed E-state index contributed by atoms with van der Waals surface area (Å²) in [6.45, 7) is 0. The molecule has 0 aliphatic carbocycles. The normalized spacial score (nSPS) is 9.94. The predicted molar refractivity (Wildman–Crippen MR) is 59.2 cm³/mol. The van der Waals surface area contributed by atoms with Crippen LogP contribution in [0.15, 0.2) is 42.7 Å². The number of primary amides is 1. The lowest BCUT2D eigenvalue weighted by Gasteiger charge is -2.06. The number of benzene rings is 1. The Labute approximate surface area is 96.9 Å². The Morgan fingerprint density at radius 3 is 2.76 bits per heavy atom. The molecule has 2 N–H and O–H groups in total. The number of carbonyl (C=O) groups is 1. The van der Waals surface area contributed by atoms with E-state index in [-0.39, 0.29) is 11.3 Å². The fourth-order valence-electron chi connectivity index (χ4n) is 1.31. The van der Waals surface area contributed by atoms with Crippen molar-refractivity contribution in [1.29, 1.82) is 0 Å². The lowest BCUT2D eigenvalue weighted by atomic mass is 10.2. The molecule has 1 amide bonds. The summed E-state index contributed by atoms with van der Waals surface area (Å²) in [5, 5.41) is 0. The molecular formula is C12H9FN2O2. The van der Waals surface area contributed by atoms with Gasteiger partial charge in [0.2, 0.25) is 5.91 Å². The van der Waals surface area contributed by atoms with E-state index >= 15 is 0 Å². The van der Waals surface area contributed by atoms with Crippen LogP contribution < -0.4 is 10.5 Å². The number of nitrogens with zero attached hydrogens (tertiary/aromatic N) is 1. The Bertz CT molecular complexity index is 543. The van der Waals surface area contributed by atoms with Gasteiger partial charge in [0.1, 0.15) is 17.3 Å². The summed E-state index contributed by atoms with van der Waals surface area (Å²) in [5.74, 6) is -0.638. The van der Waals surface area contributed by atoms with Crippen LogP contribution in [0.2, 0.25) is 0 Å². The summed E-state index contributed by atoms with van der Waals surface area (Å²) in [6, 6.07) is 6.95. The molecule has 0 unspecified atom stereocenters. The van der Waals surface area contributed by atoms with Crippen LogP contribution >= 0.6 is 0 Å². The average Bonchev–Trinajstić information content (AvgIpc) is 2.29. The number of carbonyl (C=O) groups excluding carboxylic acids is 1. The topological polar surface area (TPSA) is 65.2 Å². The molecule has 1 aromatic heterocycles. The van der Waals surface area contributed by atoms with Gasteiger partial charge in [-0.3, -0.25) is 9.78 Å². The molecule has 1 aromatic carbocycles. The van der Waals surface area contributed by atoms with E-state index in [0.717, 1.165) is 6.07 Å². The van der Waals surface area contributed by atoms with Crippen LogP contribution in [0.4, 0.5) is 4.39 Å². The second kappa shape index (κ2) is 4.61. The molecule has 0 radical (unpaired) electrons. The zero-order chi connectivity index (χ0) is 12.3. The highest BCUT2D eigenvalue weighted by molar-refractivity contribution is 5.93. The molecule has 2 aromatic rings. The highest BCUT2D eigenvalue weighted by Gasteiger charge is 2.07. The number of nitrogens with two attached hydrogens (primary N) is 1. The van der Waals surface area contributed by atoms with Crippen molar-refractivity contribution in [3.8, 4) is 11.5 Å². The first-order valence-electron chi connectivity index (χ1n) is 4.83. The summed E-state index contributed by atoms with van der Waals surface area (Å²) in [5.41, 5.74) is 5.13. The molecule has 0 fully saturated rings. The average molecular weight is 232 g/mol. The number of pyridine rings is 1. The van der Waals surface area contributed by atoms with Gasteiger partial charge >= 0.3 is 0 Å². The van der Waals surface area contributed by atoms with E-state index in [1.807, 2.05) is 0 Å². The highest BCUT2D eigenvalue weighted by Crippen LogP contribution is 2.22. The third kappa shape index (κ3) is 2.78. The fourth-order valence-corrected chi connectivity index (χ4v) is 1.31. The van der Waals surface area contributed by atoms with Crippen molar-refractivity contribution in [1.82, 2.24) is 4.98 Å². The first-order chi connectivity index (χ1) is 8.15. The van der Waals surface area contributed by atoms with Crippen LogP contribution in [0.25, 0.3) is 0 Å². The molecule has 0 spiro atoms. The standard InChI is InChI=1S/C12H9FN2O2/c13-9-4-8(12(14)16)5-11(6-9)17-10-2-1-3-15-7-10/h1-7H,(H2,14,16). The van der Waals surface area contributed by atoms with Crippen LogP contribution in [0, 0.1) is 5.82 Å². The van der Waals surface area contributed by atoms with E-state index in [4.69, 9.17) is 10.5 Å². The number of rotatable bonds is 3. The van der Waals surface area contributed by atoms with Gasteiger partial charge in [0.15, 0.2) is 0 Å². The summed E-state index contributed by atoms with van der Waals surface area (Å²) in [6.07, 6.45) is 3.07.